The Labute approximate surface area is 106 Å². The van der Waals surface area contributed by atoms with E-state index in [1.54, 1.807) is 0 Å². The Kier molecular flexibility index (Phi) is 4.45. The maximum atomic E-state index is 10.2. The zero-order chi connectivity index (χ0) is 12.3. The van der Waals surface area contributed by atoms with Gasteiger partial charge in [0.05, 0.1) is 5.60 Å². The molecule has 0 aromatic carbocycles. The van der Waals surface area contributed by atoms with Crippen LogP contribution in [0.1, 0.15) is 46.0 Å². The molecule has 3 heteroatoms. The second-order valence-corrected chi connectivity index (χ2v) is 5.94. The molecule has 1 aliphatic heterocycles. The second kappa shape index (κ2) is 5.68. The molecule has 0 aromatic rings. The van der Waals surface area contributed by atoms with Crippen molar-refractivity contribution in [1.82, 2.24) is 10.2 Å². The topological polar surface area (TPSA) is 35.5 Å². The highest BCUT2D eigenvalue weighted by Crippen LogP contribution is 2.31. The predicted octanol–water partition coefficient (Wildman–Crippen LogP) is 1.61. The maximum absolute atomic E-state index is 10.2. The van der Waals surface area contributed by atoms with Gasteiger partial charge in [0.1, 0.15) is 0 Å². The summed E-state index contributed by atoms with van der Waals surface area (Å²) in [6.45, 7) is 8.52. The lowest BCUT2D eigenvalue weighted by Crippen LogP contribution is -2.41. The summed E-state index contributed by atoms with van der Waals surface area (Å²) >= 11 is 0. The summed E-state index contributed by atoms with van der Waals surface area (Å²) in [6, 6.07) is 0.920. The first kappa shape index (κ1) is 13.3. The largest absolute Gasteiger partial charge is 0.389 e. The van der Waals surface area contributed by atoms with Crippen LogP contribution >= 0.6 is 0 Å². The number of rotatable bonds is 7. The van der Waals surface area contributed by atoms with Crippen molar-refractivity contribution in [1.29, 1.82) is 0 Å². The van der Waals surface area contributed by atoms with E-state index in [-0.39, 0.29) is 0 Å². The monoisotopic (exact) mass is 240 g/mol. The van der Waals surface area contributed by atoms with Crippen LogP contribution in [-0.4, -0.2) is 47.8 Å². The van der Waals surface area contributed by atoms with Crippen molar-refractivity contribution < 1.29 is 5.11 Å². The van der Waals surface area contributed by atoms with Crippen LogP contribution in [0.25, 0.3) is 0 Å². The molecule has 1 heterocycles. The molecule has 2 rings (SSSR count). The first-order valence-electron chi connectivity index (χ1n) is 7.34. The van der Waals surface area contributed by atoms with E-state index in [9.17, 15) is 5.11 Å². The average molecular weight is 240 g/mol. The van der Waals surface area contributed by atoms with Gasteiger partial charge in [-0.15, -0.1) is 0 Å². The summed E-state index contributed by atoms with van der Waals surface area (Å²) < 4.78 is 0. The molecule has 100 valence electrons. The van der Waals surface area contributed by atoms with Gasteiger partial charge >= 0.3 is 0 Å². The minimum atomic E-state index is -0.491. The molecule has 2 aliphatic rings. The number of nitrogens with one attached hydrogen (secondary N) is 1. The molecule has 1 aliphatic carbocycles. The highest BCUT2D eigenvalue weighted by atomic mass is 16.3. The fraction of sp³-hybridized carbons (Fsp3) is 1.00. The molecule has 2 fully saturated rings. The molecule has 0 aromatic heterocycles. The van der Waals surface area contributed by atoms with Crippen LogP contribution in [0.4, 0.5) is 0 Å². The Morgan fingerprint density at radius 1 is 1.24 bits per heavy atom. The summed E-state index contributed by atoms with van der Waals surface area (Å²) in [4.78, 5) is 2.65. The molecule has 1 saturated heterocycles. The van der Waals surface area contributed by atoms with E-state index in [0.717, 1.165) is 37.9 Å². The van der Waals surface area contributed by atoms with Gasteiger partial charge in [0.25, 0.3) is 0 Å². The Morgan fingerprint density at radius 3 is 2.53 bits per heavy atom. The summed E-state index contributed by atoms with van der Waals surface area (Å²) in [7, 11) is 0. The third-order valence-corrected chi connectivity index (χ3v) is 4.58. The lowest BCUT2D eigenvalue weighted by atomic mass is 9.97. The number of nitrogens with zero attached hydrogens (tertiary/aromatic N) is 1. The lowest BCUT2D eigenvalue weighted by Gasteiger charge is -2.26. The van der Waals surface area contributed by atoms with E-state index in [0.29, 0.717) is 0 Å². The first-order chi connectivity index (χ1) is 8.17. The number of likely N-dealkylation sites (tertiary alicyclic amines) is 1. The van der Waals surface area contributed by atoms with Crippen LogP contribution in [0.15, 0.2) is 0 Å². The highest BCUT2D eigenvalue weighted by Gasteiger charge is 2.34. The molecular formula is C14H28N2O. The van der Waals surface area contributed by atoms with Crippen LogP contribution in [0.2, 0.25) is 0 Å². The number of hydrogen-bond donors (Lipinski definition) is 2. The van der Waals surface area contributed by atoms with Crippen LogP contribution in [-0.2, 0) is 0 Å². The highest BCUT2D eigenvalue weighted by molar-refractivity contribution is 4.90. The molecular weight excluding hydrogens is 212 g/mol. The molecule has 1 unspecified atom stereocenters. The summed E-state index contributed by atoms with van der Waals surface area (Å²) in [5.41, 5.74) is -0.491. The van der Waals surface area contributed by atoms with Crippen LogP contribution in [0.5, 0.6) is 0 Å². The van der Waals surface area contributed by atoms with E-state index < -0.39 is 5.60 Å². The molecule has 1 atom stereocenters. The molecule has 1 saturated carbocycles. The van der Waals surface area contributed by atoms with E-state index in [1.807, 2.05) is 0 Å². The van der Waals surface area contributed by atoms with Crippen molar-refractivity contribution in [3.8, 4) is 0 Å². The van der Waals surface area contributed by atoms with E-state index in [4.69, 9.17) is 0 Å². The Bertz CT molecular complexity index is 236. The third-order valence-electron chi connectivity index (χ3n) is 4.58. The predicted molar refractivity (Wildman–Crippen MR) is 71.1 cm³/mol. The molecule has 0 radical (unpaired) electrons. The maximum Gasteiger partial charge on any atom is 0.0766 e. The fourth-order valence-corrected chi connectivity index (χ4v) is 2.81. The molecule has 0 amide bonds. The normalized spacial score (nSPS) is 26.6. The zero-order valence-corrected chi connectivity index (χ0v) is 11.4. The quantitative estimate of drug-likeness (QED) is 0.710. The lowest BCUT2D eigenvalue weighted by molar-refractivity contribution is 0.0319. The first-order valence-corrected chi connectivity index (χ1v) is 7.34. The van der Waals surface area contributed by atoms with E-state index >= 15 is 0 Å². The molecule has 0 spiro atoms. The van der Waals surface area contributed by atoms with Crippen LogP contribution in [0, 0.1) is 5.92 Å². The molecule has 3 nitrogen and oxygen atoms in total. The zero-order valence-electron chi connectivity index (χ0n) is 11.4. The minimum absolute atomic E-state index is 0.491. The van der Waals surface area contributed by atoms with Crippen molar-refractivity contribution in [3.05, 3.63) is 0 Å². The Hall–Kier alpha value is -0.120. The SMILES string of the molecule is CCC(O)(CC)CNCC1CCN(C2CC2)C1. The minimum Gasteiger partial charge on any atom is -0.389 e. The summed E-state index contributed by atoms with van der Waals surface area (Å²) in [5, 5.41) is 13.7. The molecule has 2 N–H and O–H groups in total. The van der Waals surface area contributed by atoms with Crippen molar-refractivity contribution in [3.63, 3.8) is 0 Å². The standard InChI is InChI=1S/C14H28N2O/c1-3-14(17,4-2)11-15-9-12-7-8-16(10-12)13-5-6-13/h12-13,15,17H,3-11H2,1-2H3. The molecule has 0 bridgehead atoms. The van der Waals surface area contributed by atoms with Gasteiger partial charge < -0.3 is 15.3 Å². The van der Waals surface area contributed by atoms with Gasteiger partial charge in [0.15, 0.2) is 0 Å². The van der Waals surface area contributed by atoms with Gasteiger partial charge in [0.2, 0.25) is 0 Å². The summed E-state index contributed by atoms with van der Waals surface area (Å²) in [6.07, 6.45) is 5.86. The summed E-state index contributed by atoms with van der Waals surface area (Å²) in [5.74, 6) is 0.800. The van der Waals surface area contributed by atoms with Crippen molar-refractivity contribution in [2.24, 2.45) is 5.92 Å². The van der Waals surface area contributed by atoms with Crippen molar-refractivity contribution >= 4 is 0 Å². The van der Waals surface area contributed by atoms with Crippen molar-refractivity contribution in [2.75, 3.05) is 26.2 Å². The van der Waals surface area contributed by atoms with Gasteiger partial charge in [-0.25, -0.2) is 0 Å². The van der Waals surface area contributed by atoms with Gasteiger partial charge in [-0.05, 0) is 51.1 Å². The Morgan fingerprint density at radius 2 is 1.94 bits per heavy atom. The molecule has 17 heavy (non-hydrogen) atoms. The Balaban J connectivity index is 1.62. The average Bonchev–Trinajstić information content (AvgIpc) is 3.10. The number of aliphatic hydroxyl groups is 1. The van der Waals surface area contributed by atoms with Gasteiger partial charge in [-0.2, -0.15) is 0 Å². The fourth-order valence-electron chi connectivity index (χ4n) is 2.81. The second-order valence-electron chi connectivity index (χ2n) is 5.94. The van der Waals surface area contributed by atoms with Gasteiger partial charge in [-0.1, -0.05) is 13.8 Å². The van der Waals surface area contributed by atoms with E-state index in [2.05, 4.69) is 24.1 Å². The smallest absolute Gasteiger partial charge is 0.0766 e. The van der Waals surface area contributed by atoms with Crippen molar-refractivity contribution in [2.45, 2.75) is 57.6 Å². The van der Waals surface area contributed by atoms with Crippen LogP contribution < -0.4 is 5.32 Å². The van der Waals surface area contributed by atoms with Gasteiger partial charge in [-0.3, -0.25) is 0 Å². The third kappa shape index (κ3) is 3.67. The number of hydrogen-bond acceptors (Lipinski definition) is 3. The van der Waals surface area contributed by atoms with E-state index in [1.165, 1.54) is 32.4 Å². The van der Waals surface area contributed by atoms with Crippen LogP contribution in [0.3, 0.4) is 0 Å². The van der Waals surface area contributed by atoms with Gasteiger partial charge in [0, 0.05) is 19.1 Å².